The molecule has 0 aliphatic carbocycles. The summed E-state index contributed by atoms with van der Waals surface area (Å²) >= 11 is 0. The number of nitrogens with zero attached hydrogens (tertiary/aromatic N) is 1. The second kappa shape index (κ2) is 8.41. The van der Waals surface area contributed by atoms with Gasteiger partial charge < -0.3 is 14.8 Å². The molecule has 1 aliphatic rings. The monoisotopic (exact) mass is 362 g/mol. The molecule has 1 heterocycles. The molecule has 0 fully saturated rings. The fraction of sp³-hybridized carbons (Fsp3) is 0.273. The molecule has 3 rings (SSSR count). The zero-order chi connectivity index (χ0) is 19.2. The Bertz CT molecular complexity index is 898. The van der Waals surface area contributed by atoms with E-state index in [-0.39, 0.29) is 11.7 Å². The molecule has 2 aromatic rings. The zero-order valence-corrected chi connectivity index (χ0v) is 15.5. The zero-order valence-electron chi connectivity index (χ0n) is 15.5. The van der Waals surface area contributed by atoms with E-state index in [9.17, 15) is 10.1 Å². The molecule has 1 amide bonds. The van der Waals surface area contributed by atoms with Crippen LogP contribution in [0.5, 0.6) is 11.5 Å². The van der Waals surface area contributed by atoms with E-state index < -0.39 is 5.91 Å². The van der Waals surface area contributed by atoms with Crippen LogP contribution in [-0.4, -0.2) is 18.6 Å². The highest BCUT2D eigenvalue weighted by atomic mass is 16.5. The summed E-state index contributed by atoms with van der Waals surface area (Å²) in [5.41, 5.74) is 2.74. The van der Waals surface area contributed by atoms with Gasteiger partial charge in [0.1, 0.15) is 29.2 Å². The summed E-state index contributed by atoms with van der Waals surface area (Å²) in [6.45, 7) is 4.77. The number of nitrogens with one attached hydrogen (secondary N) is 1. The van der Waals surface area contributed by atoms with E-state index in [1.165, 1.54) is 0 Å². The molecule has 0 bridgehead atoms. The lowest BCUT2D eigenvalue weighted by atomic mass is 10.0. The predicted molar refractivity (Wildman–Crippen MR) is 103 cm³/mol. The minimum absolute atomic E-state index is 0.0258. The number of ether oxygens (including phenoxy) is 2. The third kappa shape index (κ3) is 4.48. The first-order valence-electron chi connectivity index (χ1n) is 9.01. The van der Waals surface area contributed by atoms with Crippen molar-refractivity contribution in [1.29, 1.82) is 5.26 Å². The number of rotatable bonds is 6. The van der Waals surface area contributed by atoms with E-state index >= 15 is 0 Å². The Labute approximate surface area is 159 Å². The quantitative estimate of drug-likeness (QED) is 0.629. The third-order valence-electron chi connectivity index (χ3n) is 4.29. The Morgan fingerprint density at radius 1 is 1.37 bits per heavy atom. The van der Waals surface area contributed by atoms with Gasteiger partial charge in [-0.2, -0.15) is 5.26 Å². The molecule has 0 saturated heterocycles. The van der Waals surface area contributed by atoms with E-state index in [1.54, 1.807) is 6.08 Å². The third-order valence-corrected chi connectivity index (χ3v) is 4.29. The SMILES string of the molecule is CCOc1cc2c(cc1/C=C(/C#N)C(=O)NCc1ccccc1)OC(C)C2. The molecule has 1 aliphatic heterocycles. The minimum atomic E-state index is -0.418. The minimum Gasteiger partial charge on any atom is -0.493 e. The number of carbonyl (C=O) groups is 1. The van der Waals surface area contributed by atoms with Gasteiger partial charge in [0.05, 0.1) is 6.61 Å². The molecule has 1 unspecified atom stereocenters. The van der Waals surface area contributed by atoms with Gasteiger partial charge in [0.15, 0.2) is 0 Å². The van der Waals surface area contributed by atoms with E-state index in [2.05, 4.69) is 5.32 Å². The molecule has 0 radical (unpaired) electrons. The first kappa shape index (κ1) is 18.5. The Hall–Kier alpha value is -3.26. The normalized spacial score (nSPS) is 15.4. The molecule has 1 N–H and O–H groups in total. The van der Waals surface area contributed by atoms with Gasteiger partial charge in [0.25, 0.3) is 5.91 Å². The molecule has 0 saturated carbocycles. The van der Waals surface area contributed by atoms with E-state index in [1.807, 2.05) is 62.4 Å². The number of amides is 1. The van der Waals surface area contributed by atoms with Crippen molar-refractivity contribution >= 4 is 12.0 Å². The van der Waals surface area contributed by atoms with Crippen LogP contribution in [0.2, 0.25) is 0 Å². The lowest BCUT2D eigenvalue weighted by Gasteiger charge is -2.11. The van der Waals surface area contributed by atoms with Gasteiger partial charge in [0.2, 0.25) is 0 Å². The van der Waals surface area contributed by atoms with Gasteiger partial charge >= 0.3 is 0 Å². The smallest absolute Gasteiger partial charge is 0.262 e. The Balaban J connectivity index is 1.83. The van der Waals surface area contributed by atoms with Crippen LogP contribution >= 0.6 is 0 Å². The first-order chi connectivity index (χ1) is 13.1. The van der Waals surface area contributed by atoms with Crippen LogP contribution < -0.4 is 14.8 Å². The predicted octanol–water partition coefficient (Wildman–Crippen LogP) is 3.63. The van der Waals surface area contributed by atoms with Crippen molar-refractivity contribution in [3.05, 3.63) is 64.7 Å². The lowest BCUT2D eigenvalue weighted by Crippen LogP contribution is -2.23. The topological polar surface area (TPSA) is 71.3 Å². The molecule has 5 heteroatoms. The van der Waals surface area contributed by atoms with Crippen molar-refractivity contribution in [3.8, 4) is 17.6 Å². The standard InChI is InChI=1S/C22H22N2O3/c1-3-26-20-11-17-9-15(2)27-21(17)12-18(20)10-19(13-23)22(25)24-14-16-7-5-4-6-8-16/h4-8,10-12,15H,3,9,14H2,1-2H3,(H,24,25)/b19-10-. The molecule has 0 spiro atoms. The van der Waals surface area contributed by atoms with Gasteiger partial charge in [-0.25, -0.2) is 0 Å². The van der Waals surface area contributed by atoms with Crippen molar-refractivity contribution in [2.24, 2.45) is 0 Å². The highest BCUT2D eigenvalue weighted by Crippen LogP contribution is 2.36. The number of nitriles is 1. The number of carbonyl (C=O) groups excluding carboxylic acids is 1. The van der Waals surface area contributed by atoms with Crippen LogP contribution in [0.25, 0.3) is 6.08 Å². The molecule has 5 nitrogen and oxygen atoms in total. The number of hydrogen-bond donors (Lipinski definition) is 1. The highest BCUT2D eigenvalue weighted by molar-refractivity contribution is 6.02. The lowest BCUT2D eigenvalue weighted by molar-refractivity contribution is -0.117. The van der Waals surface area contributed by atoms with E-state index in [0.29, 0.717) is 24.5 Å². The van der Waals surface area contributed by atoms with E-state index in [0.717, 1.165) is 23.3 Å². The van der Waals surface area contributed by atoms with Crippen molar-refractivity contribution in [2.45, 2.75) is 32.9 Å². The molecule has 2 aromatic carbocycles. The average molecular weight is 362 g/mol. The van der Waals surface area contributed by atoms with Gasteiger partial charge in [-0.15, -0.1) is 0 Å². The molecule has 27 heavy (non-hydrogen) atoms. The Morgan fingerprint density at radius 2 is 2.15 bits per heavy atom. The van der Waals surface area contributed by atoms with Crippen LogP contribution in [0.4, 0.5) is 0 Å². The van der Waals surface area contributed by atoms with Gasteiger partial charge in [-0.05, 0) is 37.6 Å². The molecule has 138 valence electrons. The molecule has 1 atom stereocenters. The van der Waals surface area contributed by atoms with Crippen molar-refractivity contribution in [1.82, 2.24) is 5.32 Å². The second-order valence-electron chi connectivity index (χ2n) is 6.40. The number of benzene rings is 2. The average Bonchev–Trinajstić information content (AvgIpc) is 3.04. The summed E-state index contributed by atoms with van der Waals surface area (Å²) in [5, 5.41) is 12.2. The Morgan fingerprint density at radius 3 is 2.85 bits per heavy atom. The van der Waals surface area contributed by atoms with Crippen LogP contribution in [0.15, 0.2) is 48.0 Å². The van der Waals surface area contributed by atoms with Crippen molar-refractivity contribution in [3.63, 3.8) is 0 Å². The molecular formula is C22H22N2O3. The summed E-state index contributed by atoms with van der Waals surface area (Å²) in [5.74, 6) is 1.01. The fourth-order valence-corrected chi connectivity index (χ4v) is 3.03. The van der Waals surface area contributed by atoms with Crippen LogP contribution in [-0.2, 0) is 17.8 Å². The second-order valence-corrected chi connectivity index (χ2v) is 6.40. The van der Waals surface area contributed by atoms with Gasteiger partial charge in [-0.1, -0.05) is 30.3 Å². The maximum atomic E-state index is 12.4. The fourth-order valence-electron chi connectivity index (χ4n) is 3.03. The number of fused-ring (bicyclic) bond motifs is 1. The van der Waals surface area contributed by atoms with Crippen LogP contribution in [0, 0.1) is 11.3 Å². The van der Waals surface area contributed by atoms with Gasteiger partial charge in [-0.3, -0.25) is 4.79 Å². The maximum Gasteiger partial charge on any atom is 0.262 e. The highest BCUT2D eigenvalue weighted by Gasteiger charge is 2.22. The largest absolute Gasteiger partial charge is 0.493 e. The van der Waals surface area contributed by atoms with Crippen LogP contribution in [0.3, 0.4) is 0 Å². The number of hydrogen-bond acceptors (Lipinski definition) is 4. The summed E-state index contributed by atoms with van der Waals surface area (Å²) in [7, 11) is 0. The first-order valence-corrected chi connectivity index (χ1v) is 9.01. The molecule has 0 aromatic heterocycles. The van der Waals surface area contributed by atoms with Crippen molar-refractivity contribution in [2.75, 3.05) is 6.61 Å². The maximum absolute atomic E-state index is 12.4. The summed E-state index contributed by atoms with van der Waals surface area (Å²) in [6.07, 6.45) is 2.48. The van der Waals surface area contributed by atoms with E-state index in [4.69, 9.17) is 9.47 Å². The Kier molecular flexibility index (Phi) is 5.77. The molecular weight excluding hydrogens is 340 g/mol. The van der Waals surface area contributed by atoms with Crippen LogP contribution in [0.1, 0.15) is 30.5 Å². The van der Waals surface area contributed by atoms with Crippen molar-refractivity contribution < 1.29 is 14.3 Å². The summed E-state index contributed by atoms with van der Waals surface area (Å²) in [4.78, 5) is 12.4. The summed E-state index contributed by atoms with van der Waals surface area (Å²) < 4.78 is 11.5. The van der Waals surface area contributed by atoms with Gasteiger partial charge in [0, 0.05) is 24.1 Å². The summed E-state index contributed by atoms with van der Waals surface area (Å²) in [6, 6.07) is 15.3.